The fourth-order valence-electron chi connectivity index (χ4n) is 2.76. The van der Waals surface area contributed by atoms with Gasteiger partial charge in [0.2, 0.25) is 0 Å². The number of ether oxygens (including phenoxy) is 2. The Bertz CT molecular complexity index is 853. The first-order valence-electron chi connectivity index (χ1n) is 8.12. The summed E-state index contributed by atoms with van der Waals surface area (Å²) in [5.74, 6) is 1.62. The number of hydrogen-bond donors (Lipinski definition) is 1. The number of nitrogens with one attached hydrogen (secondary N) is 1. The Morgan fingerprint density at radius 2 is 2.16 bits per heavy atom. The lowest BCUT2D eigenvalue weighted by Crippen LogP contribution is -2.04. The Kier molecular flexibility index (Phi) is 5.04. The molecule has 3 rings (SSSR count). The number of nitrogens with zero attached hydrogens (tertiary/aromatic N) is 2. The molecule has 25 heavy (non-hydrogen) atoms. The lowest BCUT2D eigenvalue weighted by atomic mass is 10.1. The van der Waals surface area contributed by atoms with Crippen molar-refractivity contribution in [2.75, 3.05) is 12.4 Å². The van der Waals surface area contributed by atoms with Gasteiger partial charge in [0.25, 0.3) is 0 Å². The van der Waals surface area contributed by atoms with Gasteiger partial charge in [-0.05, 0) is 50.1 Å². The first-order valence-corrected chi connectivity index (χ1v) is 8.50. The van der Waals surface area contributed by atoms with E-state index in [1.807, 2.05) is 39.1 Å². The van der Waals surface area contributed by atoms with Crippen LogP contribution in [-0.2, 0) is 18.3 Å². The maximum Gasteiger partial charge on any atom is 0.142 e. The zero-order valence-corrected chi connectivity index (χ0v) is 15.6. The van der Waals surface area contributed by atoms with E-state index in [0.717, 1.165) is 40.4 Å². The number of rotatable bonds is 5. The van der Waals surface area contributed by atoms with Crippen LogP contribution in [0.3, 0.4) is 0 Å². The molecule has 2 heterocycles. The second-order valence-electron chi connectivity index (χ2n) is 6.10. The molecule has 0 bridgehead atoms. The topological polar surface area (TPSA) is 48.3 Å². The van der Waals surface area contributed by atoms with E-state index in [2.05, 4.69) is 16.5 Å². The molecular weight excluding hydrogens is 338 g/mol. The molecule has 1 aromatic carbocycles. The molecule has 5 nitrogen and oxygen atoms in total. The third-order valence-electron chi connectivity index (χ3n) is 4.21. The van der Waals surface area contributed by atoms with Crippen molar-refractivity contribution in [3.63, 3.8) is 0 Å². The van der Waals surface area contributed by atoms with Crippen molar-refractivity contribution in [2.45, 2.75) is 26.8 Å². The van der Waals surface area contributed by atoms with Gasteiger partial charge in [-0.15, -0.1) is 0 Å². The molecule has 0 radical (unpaired) electrons. The van der Waals surface area contributed by atoms with Crippen LogP contribution in [0, 0.1) is 6.92 Å². The van der Waals surface area contributed by atoms with Crippen molar-refractivity contribution in [3.8, 4) is 5.75 Å². The highest BCUT2D eigenvalue weighted by Crippen LogP contribution is 2.32. The van der Waals surface area contributed by atoms with Crippen LogP contribution in [0.5, 0.6) is 5.75 Å². The van der Waals surface area contributed by atoms with E-state index in [1.165, 1.54) is 5.57 Å². The maximum atomic E-state index is 6.31. The van der Waals surface area contributed by atoms with Gasteiger partial charge in [-0.2, -0.15) is 5.10 Å². The summed E-state index contributed by atoms with van der Waals surface area (Å²) in [7, 11) is 3.49. The largest absolute Gasteiger partial charge is 0.495 e. The number of allylic oxidation sites excluding steroid dienone is 2. The van der Waals surface area contributed by atoms with E-state index in [1.54, 1.807) is 18.1 Å². The molecule has 0 atom stereocenters. The average molecular weight is 360 g/mol. The summed E-state index contributed by atoms with van der Waals surface area (Å²) in [6, 6.07) is 5.95. The normalized spacial score (nSPS) is 13.8. The number of halogens is 1. The molecule has 0 saturated heterocycles. The van der Waals surface area contributed by atoms with Gasteiger partial charge < -0.3 is 14.8 Å². The molecule has 2 aromatic rings. The van der Waals surface area contributed by atoms with E-state index >= 15 is 0 Å². The summed E-state index contributed by atoms with van der Waals surface area (Å²) < 4.78 is 12.9. The highest BCUT2D eigenvalue weighted by molar-refractivity contribution is 6.30. The summed E-state index contributed by atoms with van der Waals surface area (Å²) >= 11 is 6.31. The van der Waals surface area contributed by atoms with E-state index in [-0.39, 0.29) is 0 Å². The fraction of sp³-hybridized carbons (Fsp3) is 0.316. The van der Waals surface area contributed by atoms with Gasteiger partial charge in [0.15, 0.2) is 0 Å². The van der Waals surface area contributed by atoms with Gasteiger partial charge in [-0.25, -0.2) is 0 Å². The van der Waals surface area contributed by atoms with Crippen molar-refractivity contribution >= 4 is 23.0 Å². The minimum absolute atomic E-state index is 0.567. The highest BCUT2D eigenvalue weighted by Gasteiger charge is 2.14. The third kappa shape index (κ3) is 3.66. The van der Waals surface area contributed by atoms with Crippen LogP contribution in [0.25, 0.3) is 5.76 Å². The van der Waals surface area contributed by atoms with Crippen molar-refractivity contribution in [2.24, 2.45) is 7.05 Å². The summed E-state index contributed by atoms with van der Waals surface area (Å²) in [5.41, 5.74) is 4.98. The summed E-state index contributed by atoms with van der Waals surface area (Å²) in [5, 5.41) is 8.38. The summed E-state index contributed by atoms with van der Waals surface area (Å²) in [4.78, 5) is 0. The smallest absolute Gasteiger partial charge is 0.142 e. The highest BCUT2D eigenvalue weighted by atomic mass is 35.5. The molecule has 1 aliphatic heterocycles. The van der Waals surface area contributed by atoms with E-state index in [9.17, 15) is 0 Å². The second kappa shape index (κ2) is 7.23. The second-order valence-corrected chi connectivity index (χ2v) is 6.46. The van der Waals surface area contributed by atoms with Crippen LogP contribution < -0.4 is 10.1 Å². The summed E-state index contributed by atoms with van der Waals surface area (Å²) in [6.07, 6.45) is 4.78. The molecular formula is C19H22ClN3O2. The van der Waals surface area contributed by atoms with Crippen LogP contribution in [0.2, 0.25) is 5.15 Å². The Hall–Kier alpha value is -2.40. The Labute approximate surface area is 152 Å². The Balaban J connectivity index is 1.83. The molecule has 0 aliphatic carbocycles. The summed E-state index contributed by atoms with van der Waals surface area (Å²) in [6.45, 7) is 4.57. The van der Waals surface area contributed by atoms with Gasteiger partial charge in [0.05, 0.1) is 24.8 Å². The van der Waals surface area contributed by atoms with E-state index in [0.29, 0.717) is 11.7 Å². The zero-order chi connectivity index (χ0) is 18.0. The Morgan fingerprint density at radius 1 is 1.36 bits per heavy atom. The average Bonchev–Trinajstić information content (AvgIpc) is 2.85. The van der Waals surface area contributed by atoms with Crippen LogP contribution in [0.4, 0.5) is 5.69 Å². The van der Waals surface area contributed by atoms with Crippen molar-refractivity contribution < 1.29 is 9.47 Å². The molecule has 1 N–H and O–H groups in total. The molecule has 0 amide bonds. The first-order chi connectivity index (χ1) is 12.0. The van der Waals surface area contributed by atoms with Gasteiger partial charge in [0.1, 0.15) is 16.7 Å². The van der Waals surface area contributed by atoms with Crippen molar-refractivity contribution in [3.05, 3.63) is 58.1 Å². The fourth-order valence-corrected chi connectivity index (χ4v) is 3.00. The van der Waals surface area contributed by atoms with Crippen LogP contribution in [0.1, 0.15) is 30.2 Å². The molecule has 0 spiro atoms. The van der Waals surface area contributed by atoms with Crippen LogP contribution >= 0.6 is 11.6 Å². The molecule has 0 unspecified atom stereocenters. The number of methoxy groups -OCH3 is 1. The molecule has 1 aliphatic rings. The van der Waals surface area contributed by atoms with Gasteiger partial charge in [0, 0.05) is 24.7 Å². The lowest BCUT2D eigenvalue weighted by molar-refractivity contribution is 0.414. The third-order valence-corrected chi connectivity index (χ3v) is 4.68. The molecule has 0 fully saturated rings. The lowest BCUT2D eigenvalue weighted by Gasteiger charge is -2.16. The van der Waals surface area contributed by atoms with Gasteiger partial charge >= 0.3 is 0 Å². The minimum atomic E-state index is 0.567. The monoisotopic (exact) mass is 359 g/mol. The minimum Gasteiger partial charge on any atom is -0.495 e. The standard InChI is InChI=1S/C19H22ClN3O2/c1-12-5-7-17(25-11-12)14-6-8-18(24-4)16(9-14)21-10-15-13(2)22-23(3)19(15)20/h6-9,11,21H,5,10H2,1-4H3. The van der Waals surface area contributed by atoms with E-state index in [4.69, 9.17) is 21.1 Å². The SMILES string of the molecule is COc1ccc(C2=CCC(C)=CO2)cc1NCc1c(C)nn(C)c1Cl. The predicted octanol–water partition coefficient (Wildman–Crippen LogP) is 4.67. The van der Waals surface area contributed by atoms with Crippen LogP contribution in [0.15, 0.2) is 36.1 Å². The van der Waals surface area contributed by atoms with Gasteiger partial charge in [-0.1, -0.05) is 11.6 Å². The Morgan fingerprint density at radius 3 is 2.76 bits per heavy atom. The molecule has 1 aromatic heterocycles. The molecule has 0 saturated carbocycles. The van der Waals surface area contributed by atoms with Crippen LogP contribution in [-0.4, -0.2) is 16.9 Å². The van der Waals surface area contributed by atoms with E-state index < -0.39 is 0 Å². The number of anilines is 1. The number of benzene rings is 1. The number of hydrogen-bond acceptors (Lipinski definition) is 4. The number of aromatic nitrogens is 2. The predicted molar refractivity (Wildman–Crippen MR) is 101 cm³/mol. The van der Waals surface area contributed by atoms with Crippen molar-refractivity contribution in [1.29, 1.82) is 0 Å². The van der Waals surface area contributed by atoms with Gasteiger partial charge in [-0.3, -0.25) is 4.68 Å². The zero-order valence-electron chi connectivity index (χ0n) is 14.9. The quantitative estimate of drug-likeness (QED) is 0.842. The van der Waals surface area contributed by atoms with Crippen molar-refractivity contribution in [1.82, 2.24) is 9.78 Å². The molecule has 132 valence electrons. The first kappa shape index (κ1) is 17.4. The maximum absolute atomic E-state index is 6.31. The number of aryl methyl sites for hydroxylation is 2. The molecule has 6 heteroatoms.